The van der Waals surface area contributed by atoms with Crippen molar-refractivity contribution in [1.82, 2.24) is 0 Å². The average molecular weight is 953 g/mol. The van der Waals surface area contributed by atoms with Crippen LogP contribution in [0.2, 0.25) is 0 Å². The minimum Gasteiger partial charge on any atom is -0.507 e. The second-order valence-electron chi connectivity index (χ2n) is 13.4. The Balaban J connectivity index is 0.000000174. The predicted octanol–water partition coefficient (Wildman–Crippen LogP) is 5.73. The number of carboxylic acids is 1. The molecule has 1 aliphatic heterocycles. The van der Waals surface area contributed by atoms with Gasteiger partial charge in [0.15, 0.2) is 11.5 Å². The first-order valence-electron chi connectivity index (χ1n) is 17.9. The van der Waals surface area contributed by atoms with Gasteiger partial charge in [-0.05, 0) is 66.0 Å². The van der Waals surface area contributed by atoms with Crippen LogP contribution in [-0.2, 0) is 30.4 Å². The zero-order chi connectivity index (χ0) is 47.8. The van der Waals surface area contributed by atoms with Gasteiger partial charge in [-0.15, -0.1) is 0 Å². The van der Waals surface area contributed by atoms with Gasteiger partial charge < -0.3 is 41.2 Å². The molecule has 65 heavy (non-hydrogen) atoms. The van der Waals surface area contributed by atoms with Crippen molar-refractivity contribution >= 4 is 97.3 Å². The number of phenolic OH excluding ortho intramolecular Hbond substituents is 1. The van der Waals surface area contributed by atoms with E-state index in [1.807, 2.05) is 0 Å². The van der Waals surface area contributed by atoms with Crippen molar-refractivity contribution in [2.45, 2.75) is 14.7 Å². The molecule has 0 unspecified atom stereocenters. The van der Waals surface area contributed by atoms with E-state index in [0.717, 1.165) is 24.3 Å². The molecular weight excluding hydrogens is 921 g/mol. The first-order valence-corrected chi connectivity index (χ1v) is 22.2. The van der Waals surface area contributed by atoms with Crippen LogP contribution in [-0.4, -0.2) is 79.8 Å². The number of hydrogen-bond acceptors (Lipinski definition) is 16. The monoisotopic (exact) mass is 952 g/mol. The maximum Gasteiger partial charge on any atom is 0.336 e. The number of carboxylic acid groups (broad SMARTS) is 1. The van der Waals surface area contributed by atoms with Crippen molar-refractivity contribution in [3.63, 3.8) is 0 Å². The quantitative estimate of drug-likeness (QED) is 0.0296. The van der Waals surface area contributed by atoms with Crippen molar-refractivity contribution in [3.8, 4) is 23.0 Å². The van der Waals surface area contributed by atoms with Crippen LogP contribution in [0.15, 0.2) is 118 Å². The lowest BCUT2D eigenvalue weighted by atomic mass is 9.95. The third-order valence-corrected chi connectivity index (χ3v) is 12.0. The van der Waals surface area contributed by atoms with Crippen molar-refractivity contribution in [3.05, 3.63) is 124 Å². The molecule has 22 nitrogen and oxygen atoms in total. The number of amides is 1. The Morgan fingerprint density at radius 3 is 2.00 bits per heavy atom. The molecule has 0 saturated heterocycles. The summed E-state index contributed by atoms with van der Waals surface area (Å²) in [5.74, 6) is -1.60. The molecule has 0 spiro atoms. The Morgan fingerprint density at radius 2 is 1.42 bits per heavy atom. The smallest absolute Gasteiger partial charge is 0.336 e. The van der Waals surface area contributed by atoms with Crippen LogP contribution in [0.4, 0.5) is 22.7 Å². The first-order chi connectivity index (χ1) is 30.4. The molecule has 8 rings (SSSR count). The molecule has 25 heteroatoms. The number of aromatic carboxylic acids is 1. The van der Waals surface area contributed by atoms with Gasteiger partial charge in [0.05, 0.1) is 39.3 Å². The number of methoxy groups -OCH3 is 1. The molecule has 1 heterocycles. The summed E-state index contributed by atoms with van der Waals surface area (Å²) in [6.07, 6.45) is 0. The van der Waals surface area contributed by atoms with Gasteiger partial charge in [0, 0.05) is 44.9 Å². The van der Waals surface area contributed by atoms with Gasteiger partial charge in [-0.1, -0.05) is 30.3 Å². The van der Waals surface area contributed by atoms with Crippen LogP contribution in [0.3, 0.4) is 0 Å². The summed E-state index contributed by atoms with van der Waals surface area (Å²) in [5.41, 5.74) is 10.5. The molecule has 10 N–H and O–H groups in total. The van der Waals surface area contributed by atoms with Gasteiger partial charge in [-0.2, -0.15) is 25.3 Å². The Labute approximate surface area is 366 Å². The van der Waals surface area contributed by atoms with Crippen molar-refractivity contribution < 1.29 is 77.8 Å². The Kier molecular flexibility index (Phi) is 12.8. The molecule has 1 amide bonds. The number of carbonyl (C=O) groups is 2. The Hall–Kier alpha value is -7.81. The summed E-state index contributed by atoms with van der Waals surface area (Å²) >= 11 is 0. The number of carbonyl (C=O) groups excluding carboxylic acids is 1. The van der Waals surface area contributed by atoms with E-state index >= 15 is 0 Å². The second-order valence-corrected chi connectivity index (χ2v) is 17.6. The topological polar surface area (TPSA) is 373 Å². The fourth-order valence-corrected chi connectivity index (χ4v) is 8.48. The molecule has 0 saturated carbocycles. The molecule has 7 aromatic carbocycles. The lowest BCUT2D eigenvalue weighted by Crippen LogP contribution is -2.12. The number of hydrogen-bond donors (Lipinski definition) is 8. The van der Waals surface area contributed by atoms with Crippen LogP contribution >= 0.6 is 0 Å². The molecule has 0 bridgehead atoms. The summed E-state index contributed by atoms with van der Waals surface area (Å²) in [7, 11) is -12.4. The molecule has 1 aliphatic rings. The summed E-state index contributed by atoms with van der Waals surface area (Å²) < 4.78 is 111. The molecule has 0 fully saturated rings. The number of aromatic hydroxyl groups is 1. The Morgan fingerprint density at radius 1 is 0.738 bits per heavy atom. The maximum atomic E-state index is 12.4. The number of nitro groups is 1. The summed E-state index contributed by atoms with van der Waals surface area (Å²) in [5, 5.41) is 34.7. The zero-order valence-electron chi connectivity index (χ0n) is 32.9. The highest BCUT2D eigenvalue weighted by Gasteiger charge is 2.30. The van der Waals surface area contributed by atoms with Crippen LogP contribution in [0.25, 0.3) is 32.3 Å². The Bertz CT molecular complexity index is 3460. The van der Waals surface area contributed by atoms with Gasteiger partial charge in [0.25, 0.3) is 41.9 Å². The van der Waals surface area contributed by atoms with E-state index in [4.69, 9.17) is 30.2 Å². The molecule has 7 aromatic rings. The normalized spacial score (nSPS) is 12.1. The zero-order valence-corrected chi connectivity index (χ0v) is 35.3. The number of non-ortho nitro benzene ring substituents is 1. The van der Waals surface area contributed by atoms with E-state index in [2.05, 4.69) is 5.32 Å². The molecule has 0 atom stereocenters. The number of anilines is 3. The standard InChI is InChI=1S/C17H13NO8S2.C17H11NO7.C6H8N2O3S/c19-14-9-11(27(21,22)23)8-12-15(28(24,25)26)7-6-13(16(12)14)18-17(20)10-4-2-1-3-5-10;1-23-12-4-2-3-8-9(12)5-11(18(21)22)14-10(17(19)20)6-13-16(15(8)14)25-7-24-13;7-4-1-2-5(8)6(3-4)12(9,10)11/h1-9,19H,(H,18,20)(H,21,22,23)(H,24,25,26);2-6H,7H2,1H3,(H,19,20);1-3H,7-8H2,(H,9,10,11). The van der Waals surface area contributed by atoms with Crippen molar-refractivity contribution in [1.29, 1.82) is 0 Å². The fourth-order valence-electron chi connectivity index (χ4n) is 6.62. The van der Waals surface area contributed by atoms with Gasteiger partial charge in [-0.25, -0.2) is 4.79 Å². The molecule has 338 valence electrons. The molecule has 0 radical (unpaired) electrons. The molecule has 0 aromatic heterocycles. The van der Waals surface area contributed by atoms with E-state index in [-0.39, 0.29) is 62.1 Å². The number of fused-ring (bicyclic) bond motifs is 6. The fraction of sp³-hybridized carbons (Fsp3) is 0.0500. The highest BCUT2D eigenvalue weighted by molar-refractivity contribution is 7.86. The number of phenols is 1. The molecular formula is C40H32N4O18S3. The number of nitro benzene ring substituents is 1. The van der Waals surface area contributed by atoms with Crippen LogP contribution in [0.1, 0.15) is 20.7 Å². The van der Waals surface area contributed by atoms with Gasteiger partial charge in [0.1, 0.15) is 21.3 Å². The largest absolute Gasteiger partial charge is 0.507 e. The summed E-state index contributed by atoms with van der Waals surface area (Å²) in [6, 6.07) is 23.1. The van der Waals surface area contributed by atoms with Crippen LogP contribution in [0, 0.1) is 10.1 Å². The number of ether oxygens (including phenoxy) is 3. The SMILES string of the molecule is COc1cccc2c1cc([N+](=O)[O-])c1c(C(=O)O)cc3c(c12)OCO3.Nc1ccc(N)c(S(=O)(=O)O)c1.O=C(Nc1ccc(S(=O)(=O)O)c2cc(S(=O)(=O)O)cc(O)c12)c1ccccc1. The van der Waals surface area contributed by atoms with Crippen molar-refractivity contribution in [2.24, 2.45) is 0 Å². The van der Waals surface area contributed by atoms with E-state index in [1.54, 1.807) is 36.4 Å². The number of nitrogen functional groups attached to an aromatic ring is 2. The summed E-state index contributed by atoms with van der Waals surface area (Å²) in [4.78, 5) is 33.3. The van der Waals surface area contributed by atoms with Crippen LogP contribution in [0.5, 0.6) is 23.0 Å². The lowest BCUT2D eigenvalue weighted by molar-refractivity contribution is -0.383. The minimum atomic E-state index is -4.81. The van der Waals surface area contributed by atoms with Crippen LogP contribution < -0.4 is 31.0 Å². The highest BCUT2D eigenvalue weighted by Crippen LogP contribution is 2.49. The number of benzene rings is 7. The minimum absolute atomic E-state index is 0.00232. The summed E-state index contributed by atoms with van der Waals surface area (Å²) in [6.45, 7) is -0.0817. The third kappa shape index (κ3) is 9.74. The second kappa shape index (κ2) is 17.8. The first kappa shape index (κ1) is 46.7. The number of nitrogens with one attached hydrogen (secondary N) is 1. The van der Waals surface area contributed by atoms with E-state index in [0.29, 0.717) is 33.7 Å². The van der Waals surface area contributed by atoms with Gasteiger partial charge >= 0.3 is 5.97 Å². The van der Waals surface area contributed by atoms with E-state index < -0.39 is 68.1 Å². The van der Waals surface area contributed by atoms with Gasteiger partial charge in [0.2, 0.25) is 6.79 Å². The third-order valence-electron chi connectivity index (χ3n) is 9.39. The predicted molar refractivity (Wildman–Crippen MR) is 232 cm³/mol. The van der Waals surface area contributed by atoms with Crippen molar-refractivity contribution in [2.75, 3.05) is 30.7 Å². The number of nitrogens with two attached hydrogens (primary N) is 2. The average Bonchev–Trinajstić information content (AvgIpc) is 3.72. The number of rotatable bonds is 8. The highest BCUT2D eigenvalue weighted by atomic mass is 32.2. The molecule has 0 aliphatic carbocycles. The maximum absolute atomic E-state index is 12.4. The number of nitrogens with zero attached hydrogens (tertiary/aromatic N) is 1. The van der Waals surface area contributed by atoms with E-state index in [9.17, 15) is 64.3 Å². The van der Waals surface area contributed by atoms with E-state index in [1.165, 1.54) is 43.5 Å². The lowest BCUT2D eigenvalue weighted by Gasteiger charge is -2.13. The van der Waals surface area contributed by atoms with Gasteiger partial charge in [-0.3, -0.25) is 28.6 Å².